The second-order valence-corrected chi connectivity index (χ2v) is 4.79. The van der Waals surface area contributed by atoms with Gasteiger partial charge in [0.2, 0.25) is 0 Å². The first kappa shape index (κ1) is 12.5. The summed E-state index contributed by atoms with van der Waals surface area (Å²) >= 11 is 0. The summed E-state index contributed by atoms with van der Waals surface area (Å²) in [6.07, 6.45) is 10.0. The lowest BCUT2D eigenvalue weighted by molar-refractivity contribution is 0.0292. The van der Waals surface area contributed by atoms with Crippen LogP contribution < -0.4 is 5.73 Å². The largest absolute Gasteiger partial charge is 0.372 e. The van der Waals surface area contributed by atoms with Crippen LogP contribution in [0.4, 0.5) is 0 Å². The lowest BCUT2D eigenvalue weighted by atomic mass is 10.1. The van der Waals surface area contributed by atoms with Crippen LogP contribution in [0.2, 0.25) is 0 Å². The Bertz CT molecular complexity index is 315. The summed E-state index contributed by atoms with van der Waals surface area (Å²) in [6.45, 7) is 1.19. The van der Waals surface area contributed by atoms with E-state index in [-0.39, 0.29) is 0 Å². The summed E-state index contributed by atoms with van der Waals surface area (Å²) in [5.41, 5.74) is 7.62. The van der Waals surface area contributed by atoms with Crippen molar-refractivity contribution in [2.24, 2.45) is 5.73 Å². The van der Waals surface area contributed by atoms with Gasteiger partial charge in [-0.05, 0) is 24.5 Å². The summed E-state index contributed by atoms with van der Waals surface area (Å²) in [5, 5.41) is 0. The smallest absolute Gasteiger partial charge is 0.0891 e. The molecule has 0 aliphatic heterocycles. The van der Waals surface area contributed by atoms with Gasteiger partial charge in [0.05, 0.1) is 18.4 Å². The van der Waals surface area contributed by atoms with Crippen LogP contribution >= 0.6 is 0 Å². The van der Waals surface area contributed by atoms with Crippen LogP contribution in [0.3, 0.4) is 0 Å². The predicted molar refractivity (Wildman–Crippen MR) is 68.4 cm³/mol. The number of hydrogen-bond acceptors (Lipinski definition) is 3. The van der Waals surface area contributed by atoms with E-state index in [0.717, 1.165) is 11.3 Å². The molecule has 2 rings (SSSR count). The van der Waals surface area contributed by atoms with Crippen LogP contribution in [0.5, 0.6) is 0 Å². The van der Waals surface area contributed by atoms with E-state index in [9.17, 15) is 0 Å². The van der Waals surface area contributed by atoms with Crippen molar-refractivity contribution in [1.82, 2.24) is 4.98 Å². The van der Waals surface area contributed by atoms with Gasteiger partial charge < -0.3 is 10.5 Å². The molecule has 0 aromatic carbocycles. The van der Waals surface area contributed by atoms with Crippen molar-refractivity contribution >= 4 is 0 Å². The Hall–Kier alpha value is -0.930. The highest BCUT2D eigenvalue weighted by Gasteiger charge is 2.12. The van der Waals surface area contributed by atoms with E-state index in [1.54, 1.807) is 0 Å². The molecule has 17 heavy (non-hydrogen) atoms. The SMILES string of the molecule is NCc1ccc(COC2CCCCCC2)nc1. The van der Waals surface area contributed by atoms with Crippen molar-refractivity contribution in [1.29, 1.82) is 0 Å². The lowest BCUT2D eigenvalue weighted by Crippen LogP contribution is -2.12. The molecule has 0 atom stereocenters. The zero-order valence-corrected chi connectivity index (χ0v) is 10.4. The summed E-state index contributed by atoms with van der Waals surface area (Å²) in [5.74, 6) is 0. The van der Waals surface area contributed by atoms with Crippen LogP contribution in [0, 0.1) is 0 Å². The number of nitrogens with zero attached hydrogens (tertiary/aromatic N) is 1. The third-order valence-electron chi connectivity index (χ3n) is 3.39. The molecule has 3 heteroatoms. The van der Waals surface area contributed by atoms with Gasteiger partial charge in [-0.25, -0.2) is 0 Å². The monoisotopic (exact) mass is 234 g/mol. The number of rotatable bonds is 4. The average molecular weight is 234 g/mol. The van der Waals surface area contributed by atoms with Crippen molar-refractivity contribution < 1.29 is 4.74 Å². The summed E-state index contributed by atoms with van der Waals surface area (Å²) < 4.78 is 5.93. The quantitative estimate of drug-likeness (QED) is 0.815. The van der Waals surface area contributed by atoms with E-state index in [2.05, 4.69) is 4.98 Å². The van der Waals surface area contributed by atoms with E-state index < -0.39 is 0 Å². The van der Waals surface area contributed by atoms with Crippen LogP contribution in [0.25, 0.3) is 0 Å². The number of nitrogens with two attached hydrogens (primary N) is 1. The minimum absolute atomic E-state index is 0.438. The number of aromatic nitrogens is 1. The molecule has 0 bridgehead atoms. The summed E-state index contributed by atoms with van der Waals surface area (Å²) in [7, 11) is 0. The third-order valence-corrected chi connectivity index (χ3v) is 3.39. The molecule has 0 amide bonds. The summed E-state index contributed by atoms with van der Waals surface area (Å²) in [6, 6.07) is 4.04. The molecule has 1 aromatic heterocycles. The van der Waals surface area contributed by atoms with Crippen molar-refractivity contribution in [2.45, 2.75) is 57.8 Å². The van der Waals surface area contributed by atoms with Crippen molar-refractivity contribution in [3.05, 3.63) is 29.6 Å². The molecule has 3 nitrogen and oxygen atoms in total. The molecule has 0 unspecified atom stereocenters. The van der Waals surface area contributed by atoms with Crippen molar-refractivity contribution in [3.8, 4) is 0 Å². The van der Waals surface area contributed by atoms with Crippen LogP contribution in [0.15, 0.2) is 18.3 Å². The topological polar surface area (TPSA) is 48.1 Å². The molecule has 1 heterocycles. The average Bonchev–Trinajstić information content (AvgIpc) is 2.65. The highest BCUT2D eigenvalue weighted by Crippen LogP contribution is 2.20. The Morgan fingerprint density at radius 3 is 2.53 bits per heavy atom. The van der Waals surface area contributed by atoms with Crippen LogP contribution in [-0.4, -0.2) is 11.1 Å². The van der Waals surface area contributed by atoms with Crippen LogP contribution in [0.1, 0.15) is 49.8 Å². The number of pyridine rings is 1. The Morgan fingerprint density at radius 1 is 1.18 bits per heavy atom. The molecule has 0 radical (unpaired) electrons. The second kappa shape index (κ2) is 6.72. The fraction of sp³-hybridized carbons (Fsp3) is 0.643. The third kappa shape index (κ3) is 4.10. The predicted octanol–water partition coefficient (Wildman–Crippen LogP) is 2.78. The van der Waals surface area contributed by atoms with Gasteiger partial charge in [-0.1, -0.05) is 31.7 Å². The lowest BCUT2D eigenvalue weighted by Gasteiger charge is -2.14. The maximum atomic E-state index is 5.93. The molecule has 2 N–H and O–H groups in total. The number of hydrogen-bond donors (Lipinski definition) is 1. The van der Waals surface area contributed by atoms with Gasteiger partial charge >= 0.3 is 0 Å². The first-order valence-corrected chi connectivity index (χ1v) is 6.64. The molecule has 1 aliphatic rings. The van der Waals surface area contributed by atoms with E-state index >= 15 is 0 Å². The molecule has 94 valence electrons. The molecular formula is C14H22N2O. The standard InChI is InChI=1S/C14H22N2O/c15-9-12-7-8-13(16-10-12)11-17-14-5-3-1-2-4-6-14/h7-8,10,14H,1-6,9,11,15H2. The van der Waals surface area contributed by atoms with E-state index in [1.165, 1.54) is 38.5 Å². The summed E-state index contributed by atoms with van der Waals surface area (Å²) in [4.78, 5) is 4.35. The van der Waals surface area contributed by atoms with Gasteiger partial charge in [-0.2, -0.15) is 0 Å². The van der Waals surface area contributed by atoms with Gasteiger partial charge in [0.15, 0.2) is 0 Å². The first-order chi connectivity index (χ1) is 8.38. The van der Waals surface area contributed by atoms with Gasteiger partial charge in [0, 0.05) is 12.7 Å². The highest BCUT2D eigenvalue weighted by molar-refractivity contribution is 5.13. The van der Waals surface area contributed by atoms with Gasteiger partial charge in [-0.15, -0.1) is 0 Å². The maximum absolute atomic E-state index is 5.93. The van der Waals surface area contributed by atoms with Crippen LogP contribution in [-0.2, 0) is 17.9 Å². The van der Waals surface area contributed by atoms with Gasteiger partial charge in [0.25, 0.3) is 0 Å². The molecule has 1 aromatic rings. The normalized spacial score (nSPS) is 17.9. The first-order valence-electron chi connectivity index (χ1n) is 6.64. The molecule has 1 aliphatic carbocycles. The minimum Gasteiger partial charge on any atom is -0.372 e. The van der Waals surface area contributed by atoms with E-state index in [1.807, 2.05) is 18.3 Å². The zero-order chi connectivity index (χ0) is 11.9. The molecule has 0 spiro atoms. The molecule has 1 fully saturated rings. The fourth-order valence-electron chi connectivity index (χ4n) is 2.27. The molecule has 1 saturated carbocycles. The van der Waals surface area contributed by atoms with E-state index in [0.29, 0.717) is 19.3 Å². The molecular weight excluding hydrogens is 212 g/mol. The maximum Gasteiger partial charge on any atom is 0.0891 e. The highest BCUT2D eigenvalue weighted by atomic mass is 16.5. The molecule has 0 saturated heterocycles. The van der Waals surface area contributed by atoms with Gasteiger partial charge in [-0.3, -0.25) is 4.98 Å². The van der Waals surface area contributed by atoms with E-state index in [4.69, 9.17) is 10.5 Å². The van der Waals surface area contributed by atoms with Crippen molar-refractivity contribution in [3.63, 3.8) is 0 Å². The minimum atomic E-state index is 0.438. The second-order valence-electron chi connectivity index (χ2n) is 4.79. The van der Waals surface area contributed by atoms with Crippen molar-refractivity contribution in [2.75, 3.05) is 0 Å². The Labute approximate surface area is 103 Å². The van der Waals surface area contributed by atoms with Gasteiger partial charge in [0.1, 0.15) is 0 Å². The Kier molecular flexibility index (Phi) is 4.95. The Balaban J connectivity index is 1.79. The number of ether oxygens (including phenoxy) is 1. The Morgan fingerprint density at radius 2 is 1.94 bits per heavy atom. The zero-order valence-electron chi connectivity index (χ0n) is 10.4. The fourth-order valence-corrected chi connectivity index (χ4v) is 2.27.